The van der Waals surface area contributed by atoms with E-state index in [4.69, 9.17) is 10.5 Å². The molecule has 0 saturated carbocycles. The van der Waals surface area contributed by atoms with Crippen molar-refractivity contribution in [3.05, 3.63) is 29.8 Å². The summed E-state index contributed by atoms with van der Waals surface area (Å²) in [5.74, 6) is 0.141. The van der Waals surface area contributed by atoms with Crippen molar-refractivity contribution in [3.8, 4) is 5.75 Å². The summed E-state index contributed by atoms with van der Waals surface area (Å²) in [6.45, 7) is 5.35. The van der Waals surface area contributed by atoms with E-state index in [0.717, 1.165) is 6.54 Å². The summed E-state index contributed by atoms with van der Waals surface area (Å²) >= 11 is 0. The van der Waals surface area contributed by atoms with Crippen molar-refractivity contribution in [1.29, 1.82) is 0 Å². The third kappa shape index (κ3) is 7.15. The number of rotatable bonds is 9. The van der Waals surface area contributed by atoms with Crippen LogP contribution in [0.3, 0.4) is 0 Å². The number of nitrogens with zero attached hydrogens (tertiary/aromatic N) is 1. The SMILES string of the molecule is CC(C)CC(NC(=O)c1ccc(OCCN(C)C)cc1)C(N)=O. The van der Waals surface area contributed by atoms with Crippen molar-refractivity contribution in [1.82, 2.24) is 10.2 Å². The normalized spacial score (nSPS) is 12.3. The summed E-state index contributed by atoms with van der Waals surface area (Å²) in [7, 11) is 3.95. The third-order valence-electron chi connectivity index (χ3n) is 3.28. The number of benzene rings is 1. The molecule has 0 aromatic heterocycles. The van der Waals surface area contributed by atoms with Gasteiger partial charge in [-0.2, -0.15) is 0 Å². The Bertz CT molecular complexity index is 512. The first-order valence-corrected chi connectivity index (χ1v) is 7.77. The van der Waals surface area contributed by atoms with E-state index in [-0.39, 0.29) is 11.8 Å². The van der Waals surface area contributed by atoms with Crippen molar-refractivity contribution in [2.45, 2.75) is 26.3 Å². The molecule has 1 aromatic rings. The van der Waals surface area contributed by atoms with E-state index >= 15 is 0 Å². The first-order chi connectivity index (χ1) is 10.8. The molecular formula is C17H27N3O3. The largest absolute Gasteiger partial charge is 0.492 e. The van der Waals surface area contributed by atoms with Crippen LogP contribution in [0.1, 0.15) is 30.6 Å². The van der Waals surface area contributed by atoms with Crippen LogP contribution in [-0.2, 0) is 4.79 Å². The first kappa shape index (κ1) is 19.0. The molecule has 0 aliphatic carbocycles. The van der Waals surface area contributed by atoms with Gasteiger partial charge in [-0.15, -0.1) is 0 Å². The minimum Gasteiger partial charge on any atom is -0.492 e. The van der Waals surface area contributed by atoms with Crippen LogP contribution < -0.4 is 15.8 Å². The van der Waals surface area contributed by atoms with Crippen LogP contribution in [0.15, 0.2) is 24.3 Å². The number of ether oxygens (including phenoxy) is 1. The molecule has 1 rings (SSSR count). The van der Waals surface area contributed by atoms with Gasteiger partial charge in [0.1, 0.15) is 18.4 Å². The van der Waals surface area contributed by atoms with Crippen LogP contribution in [0.25, 0.3) is 0 Å². The fraction of sp³-hybridized carbons (Fsp3) is 0.529. The predicted molar refractivity (Wildman–Crippen MR) is 90.4 cm³/mol. The molecule has 0 aliphatic rings. The van der Waals surface area contributed by atoms with Crippen LogP contribution in [0.4, 0.5) is 0 Å². The predicted octanol–water partition coefficient (Wildman–Crippen LogP) is 1.26. The molecule has 6 heteroatoms. The number of amides is 2. The van der Waals surface area contributed by atoms with Crippen molar-refractivity contribution < 1.29 is 14.3 Å². The molecule has 1 atom stereocenters. The Labute approximate surface area is 138 Å². The Morgan fingerprint density at radius 3 is 2.30 bits per heavy atom. The molecule has 128 valence electrons. The van der Waals surface area contributed by atoms with E-state index < -0.39 is 11.9 Å². The summed E-state index contributed by atoms with van der Waals surface area (Å²) in [5, 5.41) is 2.68. The molecule has 0 fully saturated rings. The average molecular weight is 321 g/mol. The summed E-state index contributed by atoms with van der Waals surface area (Å²) in [5.41, 5.74) is 5.81. The van der Waals surface area contributed by atoms with Gasteiger partial charge in [0.15, 0.2) is 0 Å². The average Bonchev–Trinajstić information content (AvgIpc) is 2.46. The van der Waals surface area contributed by atoms with Crippen molar-refractivity contribution in [2.75, 3.05) is 27.2 Å². The Hall–Kier alpha value is -2.08. The van der Waals surface area contributed by atoms with Crippen LogP contribution in [-0.4, -0.2) is 50.0 Å². The van der Waals surface area contributed by atoms with Crippen LogP contribution in [0.2, 0.25) is 0 Å². The molecule has 23 heavy (non-hydrogen) atoms. The molecule has 0 heterocycles. The molecule has 1 unspecified atom stereocenters. The lowest BCUT2D eigenvalue weighted by atomic mass is 10.0. The van der Waals surface area contributed by atoms with E-state index in [9.17, 15) is 9.59 Å². The number of carbonyl (C=O) groups is 2. The highest BCUT2D eigenvalue weighted by Gasteiger charge is 2.20. The maximum Gasteiger partial charge on any atom is 0.251 e. The maximum atomic E-state index is 12.2. The number of carbonyl (C=O) groups excluding carboxylic acids is 2. The lowest BCUT2D eigenvalue weighted by molar-refractivity contribution is -0.120. The highest BCUT2D eigenvalue weighted by molar-refractivity contribution is 5.97. The Kier molecular flexibility index (Phi) is 7.54. The number of nitrogens with one attached hydrogen (secondary N) is 1. The van der Waals surface area contributed by atoms with Gasteiger partial charge in [0.2, 0.25) is 5.91 Å². The zero-order chi connectivity index (χ0) is 17.4. The fourth-order valence-corrected chi connectivity index (χ4v) is 2.01. The number of hydrogen-bond donors (Lipinski definition) is 2. The summed E-state index contributed by atoms with van der Waals surface area (Å²) in [6, 6.07) is 6.18. The molecule has 3 N–H and O–H groups in total. The van der Waals surface area contributed by atoms with Gasteiger partial charge in [0.05, 0.1) is 0 Å². The lowest BCUT2D eigenvalue weighted by Gasteiger charge is -2.17. The second-order valence-corrected chi connectivity index (χ2v) is 6.23. The lowest BCUT2D eigenvalue weighted by Crippen LogP contribution is -2.45. The molecule has 0 bridgehead atoms. The molecule has 0 saturated heterocycles. The number of primary amides is 1. The molecular weight excluding hydrogens is 294 g/mol. The minimum absolute atomic E-state index is 0.264. The zero-order valence-corrected chi connectivity index (χ0v) is 14.3. The fourth-order valence-electron chi connectivity index (χ4n) is 2.01. The highest BCUT2D eigenvalue weighted by Crippen LogP contribution is 2.13. The summed E-state index contributed by atoms with van der Waals surface area (Å²) < 4.78 is 5.58. The summed E-state index contributed by atoms with van der Waals surface area (Å²) in [4.78, 5) is 25.6. The monoisotopic (exact) mass is 321 g/mol. The van der Waals surface area contributed by atoms with Crippen LogP contribution in [0.5, 0.6) is 5.75 Å². The molecule has 6 nitrogen and oxygen atoms in total. The molecule has 2 amide bonds. The van der Waals surface area contributed by atoms with Gasteiger partial charge in [-0.25, -0.2) is 0 Å². The quantitative estimate of drug-likeness (QED) is 0.717. The van der Waals surface area contributed by atoms with Crippen molar-refractivity contribution >= 4 is 11.8 Å². The van der Waals surface area contributed by atoms with Crippen LogP contribution in [0, 0.1) is 5.92 Å². The second-order valence-electron chi connectivity index (χ2n) is 6.23. The molecule has 1 aromatic carbocycles. The number of hydrogen-bond acceptors (Lipinski definition) is 4. The van der Waals surface area contributed by atoms with Gasteiger partial charge in [-0.3, -0.25) is 9.59 Å². The highest BCUT2D eigenvalue weighted by atomic mass is 16.5. The van der Waals surface area contributed by atoms with Gasteiger partial charge >= 0.3 is 0 Å². The van der Waals surface area contributed by atoms with Crippen molar-refractivity contribution in [2.24, 2.45) is 11.7 Å². The standard InChI is InChI=1S/C17H27N3O3/c1-12(2)11-15(16(18)21)19-17(22)13-5-7-14(8-6-13)23-10-9-20(3)4/h5-8,12,15H,9-11H2,1-4H3,(H2,18,21)(H,19,22). The Balaban J connectivity index is 2.60. The molecule has 0 aliphatic heterocycles. The molecule has 0 spiro atoms. The van der Waals surface area contributed by atoms with Gasteiger partial charge in [0.25, 0.3) is 5.91 Å². The smallest absolute Gasteiger partial charge is 0.251 e. The number of likely N-dealkylation sites (N-methyl/N-ethyl adjacent to an activating group) is 1. The minimum atomic E-state index is -0.654. The van der Waals surface area contributed by atoms with Gasteiger partial charge in [-0.05, 0) is 50.7 Å². The van der Waals surface area contributed by atoms with E-state index in [2.05, 4.69) is 5.32 Å². The third-order valence-corrected chi connectivity index (χ3v) is 3.28. The van der Waals surface area contributed by atoms with Crippen LogP contribution >= 0.6 is 0 Å². The first-order valence-electron chi connectivity index (χ1n) is 7.77. The maximum absolute atomic E-state index is 12.2. The van der Waals surface area contributed by atoms with E-state index in [1.165, 1.54) is 0 Å². The summed E-state index contributed by atoms with van der Waals surface area (Å²) in [6.07, 6.45) is 0.521. The number of nitrogens with two attached hydrogens (primary N) is 1. The Morgan fingerprint density at radius 1 is 1.22 bits per heavy atom. The van der Waals surface area contributed by atoms with Gasteiger partial charge < -0.3 is 20.7 Å². The van der Waals surface area contributed by atoms with Crippen molar-refractivity contribution in [3.63, 3.8) is 0 Å². The van der Waals surface area contributed by atoms with E-state index in [1.807, 2.05) is 32.8 Å². The van der Waals surface area contributed by atoms with Gasteiger partial charge in [0, 0.05) is 12.1 Å². The van der Waals surface area contributed by atoms with E-state index in [1.54, 1.807) is 24.3 Å². The molecule has 0 radical (unpaired) electrons. The van der Waals surface area contributed by atoms with E-state index in [0.29, 0.717) is 24.3 Å². The second kappa shape index (κ2) is 9.15. The zero-order valence-electron chi connectivity index (χ0n) is 14.3. The topological polar surface area (TPSA) is 84.7 Å². The Morgan fingerprint density at radius 2 is 1.83 bits per heavy atom. The van der Waals surface area contributed by atoms with Gasteiger partial charge in [-0.1, -0.05) is 13.8 Å².